The number of carbonyl (C=O) groups is 1. The molecule has 0 bridgehead atoms. The van der Waals surface area contributed by atoms with E-state index in [1.165, 1.54) is 24.3 Å². The Labute approximate surface area is 135 Å². The third-order valence-corrected chi connectivity index (χ3v) is 4.87. The van der Waals surface area contributed by atoms with E-state index in [9.17, 15) is 17.6 Å². The Hall–Kier alpha value is -1.67. The minimum absolute atomic E-state index is 0.0706. The van der Waals surface area contributed by atoms with Gasteiger partial charge in [0.2, 0.25) is 15.9 Å². The first-order valence-corrected chi connectivity index (χ1v) is 9.25. The average molecular weight is 344 g/mol. The first kappa shape index (κ1) is 17.7. The van der Waals surface area contributed by atoms with Crippen LogP contribution in [0.25, 0.3) is 0 Å². The van der Waals surface area contributed by atoms with Gasteiger partial charge < -0.3 is 9.64 Å². The largest absolute Gasteiger partial charge is 0.492 e. The third-order valence-electron chi connectivity index (χ3n) is 3.59. The molecule has 0 aromatic heterocycles. The van der Waals surface area contributed by atoms with Gasteiger partial charge >= 0.3 is 0 Å². The highest BCUT2D eigenvalue weighted by Crippen LogP contribution is 2.11. The summed E-state index contributed by atoms with van der Waals surface area (Å²) in [6, 6.07) is 5.32. The molecule has 1 amide bonds. The number of carbonyl (C=O) groups excluding carboxylic acids is 1. The number of nitrogens with one attached hydrogen (secondary N) is 1. The van der Waals surface area contributed by atoms with Gasteiger partial charge in [-0.1, -0.05) is 0 Å². The third kappa shape index (κ3) is 6.15. The van der Waals surface area contributed by atoms with Gasteiger partial charge in [-0.25, -0.2) is 17.5 Å². The maximum absolute atomic E-state index is 12.7. The van der Waals surface area contributed by atoms with Crippen molar-refractivity contribution in [3.05, 3.63) is 30.1 Å². The number of likely N-dealkylation sites (tertiary alicyclic amines) is 1. The van der Waals surface area contributed by atoms with Crippen LogP contribution in [0.3, 0.4) is 0 Å². The monoisotopic (exact) mass is 344 g/mol. The number of amides is 1. The van der Waals surface area contributed by atoms with Crippen LogP contribution in [0.1, 0.15) is 19.3 Å². The Morgan fingerprint density at radius 2 is 1.83 bits per heavy atom. The summed E-state index contributed by atoms with van der Waals surface area (Å²) in [5, 5.41) is 0. The summed E-state index contributed by atoms with van der Waals surface area (Å²) in [6.45, 7) is 1.08. The van der Waals surface area contributed by atoms with E-state index in [-0.39, 0.29) is 30.6 Å². The normalized spacial score (nSPS) is 15.4. The molecule has 1 fully saturated rings. The number of halogens is 1. The van der Waals surface area contributed by atoms with E-state index in [1.807, 2.05) is 0 Å². The molecule has 0 aliphatic carbocycles. The van der Waals surface area contributed by atoms with Crippen LogP contribution in [0.2, 0.25) is 0 Å². The summed E-state index contributed by atoms with van der Waals surface area (Å²) in [6.07, 6.45) is 3.03. The maximum atomic E-state index is 12.7. The van der Waals surface area contributed by atoms with Gasteiger partial charge in [0.05, 0.1) is 12.3 Å². The molecule has 0 spiro atoms. The minimum atomic E-state index is -3.59. The summed E-state index contributed by atoms with van der Waals surface area (Å²) in [7, 11) is -3.59. The highest BCUT2D eigenvalue weighted by Gasteiger charge is 2.19. The Morgan fingerprint density at radius 1 is 1.17 bits per heavy atom. The van der Waals surface area contributed by atoms with Crippen LogP contribution < -0.4 is 9.46 Å². The van der Waals surface area contributed by atoms with Crippen molar-refractivity contribution in [2.45, 2.75) is 19.3 Å². The van der Waals surface area contributed by atoms with Crippen molar-refractivity contribution in [3.63, 3.8) is 0 Å². The van der Waals surface area contributed by atoms with Gasteiger partial charge in [-0.2, -0.15) is 0 Å². The Morgan fingerprint density at radius 3 is 2.48 bits per heavy atom. The lowest BCUT2D eigenvalue weighted by Crippen LogP contribution is -2.43. The molecule has 1 heterocycles. The highest BCUT2D eigenvalue weighted by molar-refractivity contribution is 7.89. The molecule has 1 aliphatic rings. The van der Waals surface area contributed by atoms with Gasteiger partial charge in [-0.05, 0) is 43.5 Å². The second-order valence-electron chi connectivity index (χ2n) is 5.38. The van der Waals surface area contributed by atoms with Crippen LogP contribution in [-0.2, 0) is 14.8 Å². The van der Waals surface area contributed by atoms with Crippen molar-refractivity contribution < 1.29 is 22.3 Å². The van der Waals surface area contributed by atoms with Crippen LogP contribution in [0.15, 0.2) is 24.3 Å². The molecule has 128 valence electrons. The summed E-state index contributed by atoms with van der Waals surface area (Å²) in [4.78, 5) is 13.6. The number of rotatable bonds is 7. The molecule has 0 saturated carbocycles. The Bertz CT molecular complexity index is 613. The molecule has 1 aromatic carbocycles. The maximum Gasteiger partial charge on any atom is 0.237 e. The van der Waals surface area contributed by atoms with E-state index in [2.05, 4.69) is 4.72 Å². The van der Waals surface area contributed by atoms with Crippen molar-refractivity contribution in [2.24, 2.45) is 0 Å². The average Bonchev–Trinajstić information content (AvgIpc) is 2.55. The van der Waals surface area contributed by atoms with Crippen LogP contribution in [-0.4, -0.2) is 51.2 Å². The van der Waals surface area contributed by atoms with Crippen LogP contribution >= 0.6 is 0 Å². The number of nitrogens with zero attached hydrogens (tertiary/aromatic N) is 1. The summed E-state index contributed by atoms with van der Waals surface area (Å²) in [5.41, 5.74) is 0. The molecule has 1 N–H and O–H groups in total. The summed E-state index contributed by atoms with van der Waals surface area (Å²) >= 11 is 0. The molecule has 1 aliphatic heterocycles. The molecular formula is C15H21FN2O4S. The van der Waals surface area contributed by atoms with Crippen LogP contribution in [0.4, 0.5) is 4.39 Å². The molecule has 23 heavy (non-hydrogen) atoms. The lowest BCUT2D eigenvalue weighted by molar-refractivity contribution is -0.130. The first-order chi connectivity index (χ1) is 11.0. The minimum Gasteiger partial charge on any atom is -0.492 e. The number of hydrogen-bond acceptors (Lipinski definition) is 4. The molecule has 6 nitrogen and oxygen atoms in total. The Balaban J connectivity index is 1.71. The highest BCUT2D eigenvalue weighted by atomic mass is 32.2. The van der Waals surface area contributed by atoms with E-state index >= 15 is 0 Å². The lowest BCUT2D eigenvalue weighted by atomic mass is 10.1. The number of piperidine rings is 1. The van der Waals surface area contributed by atoms with E-state index in [0.717, 1.165) is 19.3 Å². The van der Waals surface area contributed by atoms with Crippen LogP contribution in [0.5, 0.6) is 5.75 Å². The van der Waals surface area contributed by atoms with E-state index in [4.69, 9.17) is 4.74 Å². The van der Waals surface area contributed by atoms with E-state index < -0.39 is 10.0 Å². The molecular weight excluding hydrogens is 323 g/mol. The molecule has 0 radical (unpaired) electrons. The van der Waals surface area contributed by atoms with E-state index in [1.54, 1.807) is 4.90 Å². The van der Waals surface area contributed by atoms with Gasteiger partial charge in [0, 0.05) is 13.1 Å². The predicted molar refractivity (Wildman–Crippen MR) is 84.1 cm³/mol. The van der Waals surface area contributed by atoms with Crippen molar-refractivity contribution in [2.75, 3.05) is 32.0 Å². The van der Waals surface area contributed by atoms with Crippen molar-refractivity contribution in [1.29, 1.82) is 0 Å². The fraction of sp³-hybridized carbons (Fsp3) is 0.533. The summed E-state index contributed by atoms with van der Waals surface area (Å²) < 4.78 is 43.9. The second-order valence-corrected chi connectivity index (χ2v) is 7.31. The fourth-order valence-corrected chi connectivity index (χ4v) is 3.09. The van der Waals surface area contributed by atoms with Crippen molar-refractivity contribution in [1.82, 2.24) is 9.62 Å². The molecule has 1 aromatic rings. The predicted octanol–water partition coefficient (Wildman–Crippen LogP) is 1.14. The van der Waals surface area contributed by atoms with Gasteiger partial charge in [-0.3, -0.25) is 4.79 Å². The quantitative estimate of drug-likeness (QED) is 0.805. The van der Waals surface area contributed by atoms with Gasteiger partial charge in [-0.15, -0.1) is 0 Å². The molecule has 0 atom stereocenters. The molecule has 8 heteroatoms. The van der Waals surface area contributed by atoms with Crippen molar-refractivity contribution >= 4 is 15.9 Å². The number of ether oxygens (including phenoxy) is 1. The number of sulfonamides is 1. The van der Waals surface area contributed by atoms with Gasteiger partial charge in [0.25, 0.3) is 0 Å². The van der Waals surface area contributed by atoms with Gasteiger partial charge in [0.1, 0.15) is 18.2 Å². The van der Waals surface area contributed by atoms with Crippen molar-refractivity contribution in [3.8, 4) is 5.75 Å². The van der Waals surface area contributed by atoms with E-state index in [0.29, 0.717) is 18.8 Å². The SMILES string of the molecule is O=C(CNS(=O)(=O)CCOc1ccc(F)cc1)N1CCCCC1. The summed E-state index contributed by atoms with van der Waals surface area (Å²) in [5.74, 6) is -0.459. The zero-order valence-electron chi connectivity index (χ0n) is 12.8. The topological polar surface area (TPSA) is 75.7 Å². The standard InChI is InChI=1S/C15H21FN2O4S/c16-13-4-6-14(7-5-13)22-10-11-23(20,21)17-12-15(19)18-8-2-1-3-9-18/h4-7,17H,1-3,8-12H2. The Kier molecular flexibility index (Phi) is 6.35. The van der Waals surface area contributed by atoms with Crippen LogP contribution in [0, 0.1) is 5.82 Å². The zero-order valence-corrected chi connectivity index (χ0v) is 13.6. The lowest BCUT2D eigenvalue weighted by Gasteiger charge is -2.26. The first-order valence-electron chi connectivity index (χ1n) is 7.60. The molecule has 1 saturated heterocycles. The number of hydrogen-bond donors (Lipinski definition) is 1. The second kappa shape index (κ2) is 8.26. The molecule has 0 unspecified atom stereocenters. The fourth-order valence-electron chi connectivity index (χ4n) is 2.30. The molecule has 2 rings (SSSR count). The smallest absolute Gasteiger partial charge is 0.237 e. The van der Waals surface area contributed by atoms with Gasteiger partial charge in [0.15, 0.2) is 0 Å². The number of benzene rings is 1. The zero-order chi connectivity index (χ0) is 16.7.